The van der Waals surface area contributed by atoms with Crippen LogP contribution < -0.4 is 14.8 Å². The largest absolute Gasteiger partial charge is 0.493 e. The van der Waals surface area contributed by atoms with Crippen molar-refractivity contribution in [2.75, 3.05) is 20.8 Å². The zero-order valence-electron chi connectivity index (χ0n) is 12.9. The molecule has 1 aromatic carbocycles. The summed E-state index contributed by atoms with van der Waals surface area (Å²) in [5.74, 6) is 0.640. The summed E-state index contributed by atoms with van der Waals surface area (Å²) in [6.45, 7) is 5.45. The molecule has 1 N–H and O–H groups in total. The van der Waals surface area contributed by atoms with E-state index in [9.17, 15) is 4.79 Å². The standard InChI is InChI=1S/C15H22BrNO4/c1-5-6-17-9-11-7-12(16)14(13(8-11)19-3)21-10(2)15(18)20-4/h7-8,10,17H,5-6,9H2,1-4H3. The van der Waals surface area contributed by atoms with Gasteiger partial charge in [0.25, 0.3) is 0 Å². The van der Waals surface area contributed by atoms with Crippen LogP contribution in [0.5, 0.6) is 11.5 Å². The van der Waals surface area contributed by atoms with Crippen LogP contribution in [0.2, 0.25) is 0 Å². The van der Waals surface area contributed by atoms with Crippen molar-refractivity contribution < 1.29 is 19.0 Å². The average Bonchev–Trinajstić information content (AvgIpc) is 2.48. The Morgan fingerprint density at radius 2 is 2.10 bits per heavy atom. The molecule has 0 fully saturated rings. The second-order valence-corrected chi connectivity index (χ2v) is 5.42. The fourth-order valence-electron chi connectivity index (χ4n) is 1.79. The number of carbonyl (C=O) groups is 1. The van der Waals surface area contributed by atoms with Crippen LogP contribution in [0, 0.1) is 0 Å². The van der Waals surface area contributed by atoms with Gasteiger partial charge in [-0.1, -0.05) is 6.92 Å². The molecule has 1 rings (SSSR count). The Morgan fingerprint density at radius 3 is 2.67 bits per heavy atom. The summed E-state index contributed by atoms with van der Waals surface area (Å²) in [4.78, 5) is 11.5. The van der Waals surface area contributed by atoms with Gasteiger partial charge in [-0.25, -0.2) is 4.79 Å². The monoisotopic (exact) mass is 359 g/mol. The normalized spacial score (nSPS) is 11.9. The number of rotatable bonds is 8. The molecule has 118 valence electrons. The van der Waals surface area contributed by atoms with E-state index in [4.69, 9.17) is 9.47 Å². The highest BCUT2D eigenvalue weighted by atomic mass is 79.9. The van der Waals surface area contributed by atoms with Crippen LogP contribution >= 0.6 is 15.9 Å². The number of esters is 1. The third kappa shape index (κ3) is 5.21. The van der Waals surface area contributed by atoms with Gasteiger partial charge in [-0.3, -0.25) is 0 Å². The molecular weight excluding hydrogens is 338 g/mol. The molecule has 0 saturated heterocycles. The molecule has 0 radical (unpaired) electrons. The number of hydrogen-bond donors (Lipinski definition) is 1. The molecule has 21 heavy (non-hydrogen) atoms. The van der Waals surface area contributed by atoms with Crippen LogP contribution in [0.1, 0.15) is 25.8 Å². The van der Waals surface area contributed by atoms with E-state index in [-0.39, 0.29) is 0 Å². The highest BCUT2D eigenvalue weighted by molar-refractivity contribution is 9.10. The Hall–Kier alpha value is -1.27. The minimum Gasteiger partial charge on any atom is -0.493 e. The summed E-state index contributed by atoms with van der Waals surface area (Å²) in [5, 5.41) is 3.33. The van der Waals surface area contributed by atoms with Crippen LogP contribution in [0.4, 0.5) is 0 Å². The zero-order valence-corrected chi connectivity index (χ0v) is 14.5. The minimum absolute atomic E-state index is 0.433. The molecule has 0 saturated carbocycles. The Balaban J connectivity index is 2.91. The number of benzene rings is 1. The van der Waals surface area contributed by atoms with Crippen LogP contribution in [0.25, 0.3) is 0 Å². The first-order valence-corrected chi connectivity index (χ1v) is 7.64. The highest BCUT2D eigenvalue weighted by Gasteiger charge is 2.20. The van der Waals surface area contributed by atoms with Gasteiger partial charge < -0.3 is 19.5 Å². The van der Waals surface area contributed by atoms with Gasteiger partial charge in [-0.15, -0.1) is 0 Å². The lowest BCUT2D eigenvalue weighted by atomic mass is 10.2. The van der Waals surface area contributed by atoms with Crippen LogP contribution in [0.15, 0.2) is 16.6 Å². The smallest absolute Gasteiger partial charge is 0.346 e. The number of nitrogens with one attached hydrogen (secondary N) is 1. The molecule has 1 aromatic rings. The SMILES string of the molecule is CCCNCc1cc(Br)c(OC(C)C(=O)OC)c(OC)c1. The Morgan fingerprint density at radius 1 is 1.38 bits per heavy atom. The number of ether oxygens (including phenoxy) is 3. The van der Waals surface area contributed by atoms with Crippen molar-refractivity contribution >= 4 is 21.9 Å². The first kappa shape index (κ1) is 17.8. The van der Waals surface area contributed by atoms with Crippen LogP contribution in [0.3, 0.4) is 0 Å². The first-order valence-electron chi connectivity index (χ1n) is 6.85. The summed E-state index contributed by atoms with van der Waals surface area (Å²) < 4.78 is 16.4. The molecule has 0 aromatic heterocycles. The lowest BCUT2D eigenvalue weighted by Gasteiger charge is -2.17. The molecule has 0 heterocycles. The lowest BCUT2D eigenvalue weighted by Crippen LogP contribution is -2.25. The van der Waals surface area contributed by atoms with E-state index in [1.165, 1.54) is 7.11 Å². The van der Waals surface area contributed by atoms with Gasteiger partial charge in [-0.2, -0.15) is 0 Å². The molecule has 0 bridgehead atoms. The van der Waals surface area contributed by atoms with Crippen molar-refractivity contribution in [3.05, 3.63) is 22.2 Å². The van der Waals surface area contributed by atoms with E-state index in [0.717, 1.165) is 29.5 Å². The molecule has 5 nitrogen and oxygen atoms in total. The van der Waals surface area contributed by atoms with Gasteiger partial charge in [0, 0.05) is 6.54 Å². The van der Waals surface area contributed by atoms with Crippen LogP contribution in [-0.4, -0.2) is 32.8 Å². The third-order valence-corrected chi connectivity index (χ3v) is 3.46. The number of carbonyl (C=O) groups excluding carboxylic acids is 1. The second kappa shape index (κ2) is 8.89. The van der Waals surface area contributed by atoms with Gasteiger partial charge in [0.15, 0.2) is 17.6 Å². The van der Waals surface area contributed by atoms with Gasteiger partial charge in [-0.05, 0) is 53.5 Å². The van der Waals surface area contributed by atoms with Crippen LogP contribution in [-0.2, 0) is 16.1 Å². The van der Waals surface area contributed by atoms with E-state index in [2.05, 4.69) is 32.9 Å². The van der Waals surface area contributed by atoms with Crippen molar-refractivity contribution in [1.29, 1.82) is 0 Å². The number of hydrogen-bond acceptors (Lipinski definition) is 5. The molecule has 0 amide bonds. The molecule has 1 atom stereocenters. The fourth-order valence-corrected chi connectivity index (χ4v) is 2.37. The Kier molecular flexibility index (Phi) is 7.53. The lowest BCUT2D eigenvalue weighted by molar-refractivity contribution is -0.147. The van der Waals surface area contributed by atoms with Crippen molar-refractivity contribution in [2.45, 2.75) is 32.9 Å². The van der Waals surface area contributed by atoms with Gasteiger partial charge in [0.05, 0.1) is 18.7 Å². The summed E-state index contributed by atoms with van der Waals surface area (Å²) in [6.07, 6.45) is 0.375. The predicted molar refractivity (Wildman–Crippen MR) is 84.8 cm³/mol. The second-order valence-electron chi connectivity index (χ2n) is 4.57. The summed E-state index contributed by atoms with van der Waals surface area (Å²) in [7, 11) is 2.90. The quantitative estimate of drug-likeness (QED) is 0.571. The van der Waals surface area contributed by atoms with E-state index in [1.807, 2.05) is 12.1 Å². The molecule has 0 aliphatic rings. The van der Waals surface area contributed by atoms with Crippen molar-refractivity contribution in [3.63, 3.8) is 0 Å². The summed E-state index contributed by atoms with van der Waals surface area (Å²) in [6, 6.07) is 3.84. The highest BCUT2D eigenvalue weighted by Crippen LogP contribution is 2.37. The Bertz CT molecular complexity index is 479. The van der Waals surface area contributed by atoms with Gasteiger partial charge in [0.1, 0.15) is 0 Å². The summed E-state index contributed by atoms with van der Waals surface area (Å²) in [5.41, 5.74) is 1.07. The average molecular weight is 360 g/mol. The zero-order chi connectivity index (χ0) is 15.8. The maximum atomic E-state index is 11.5. The maximum absolute atomic E-state index is 11.5. The molecule has 1 unspecified atom stereocenters. The minimum atomic E-state index is -0.704. The third-order valence-electron chi connectivity index (χ3n) is 2.87. The van der Waals surface area contributed by atoms with Crippen molar-refractivity contribution in [2.24, 2.45) is 0 Å². The molecular formula is C15H22BrNO4. The maximum Gasteiger partial charge on any atom is 0.346 e. The van der Waals surface area contributed by atoms with Gasteiger partial charge >= 0.3 is 5.97 Å². The van der Waals surface area contributed by atoms with Gasteiger partial charge in [0.2, 0.25) is 0 Å². The van der Waals surface area contributed by atoms with E-state index >= 15 is 0 Å². The molecule has 0 spiro atoms. The van der Waals surface area contributed by atoms with E-state index < -0.39 is 12.1 Å². The number of halogens is 1. The Labute approximate surface area is 134 Å². The van der Waals surface area contributed by atoms with Crippen molar-refractivity contribution in [1.82, 2.24) is 5.32 Å². The molecule has 6 heteroatoms. The summed E-state index contributed by atoms with van der Waals surface area (Å²) >= 11 is 3.46. The number of methoxy groups -OCH3 is 2. The topological polar surface area (TPSA) is 56.8 Å². The predicted octanol–water partition coefficient (Wildman–Crippen LogP) is 2.90. The van der Waals surface area contributed by atoms with E-state index in [0.29, 0.717) is 11.5 Å². The van der Waals surface area contributed by atoms with Crippen molar-refractivity contribution in [3.8, 4) is 11.5 Å². The molecule has 0 aliphatic carbocycles. The molecule has 0 aliphatic heterocycles. The first-order chi connectivity index (χ1) is 10.0. The van der Waals surface area contributed by atoms with E-state index in [1.54, 1.807) is 14.0 Å². The fraction of sp³-hybridized carbons (Fsp3) is 0.533.